The molecule has 160 valence electrons. The number of ether oxygens (including phenoxy) is 2. The van der Waals surface area contributed by atoms with Crippen LogP contribution in [0.2, 0.25) is 0 Å². The van der Waals surface area contributed by atoms with Crippen LogP contribution < -0.4 is 19.9 Å². The van der Waals surface area contributed by atoms with E-state index in [4.69, 9.17) is 14.6 Å². The van der Waals surface area contributed by atoms with Gasteiger partial charge in [-0.25, -0.2) is 18.5 Å². The summed E-state index contributed by atoms with van der Waals surface area (Å²) in [5.74, 6) is 1.69. The van der Waals surface area contributed by atoms with E-state index in [0.717, 1.165) is 29.5 Å². The lowest BCUT2D eigenvalue weighted by Crippen LogP contribution is -2.28. The zero-order chi connectivity index (χ0) is 21.6. The minimum absolute atomic E-state index is 0. The number of pyridine rings is 1. The van der Waals surface area contributed by atoms with Crippen LogP contribution in [0.4, 0.5) is 5.82 Å². The number of hydrogen-bond acceptors (Lipinski definition) is 6. The Bertz CT molecular complexity index is 1270. The molecule has 1 fully saturated rings. The fourth-order valence-corrected chi connectivity index (χ4v) is 4.19. The SMILES string of the molecule is NS(=O)(=O)c1ccc(-c2ccc(NC(=O)C3(c4ccc5c(c4)OCO5)CC3)nc2)cc1.[HH]. The number of hydrogen-bond donors (Lipinski definition) is 2. The van der Waals surface area contributed by atoms with Crippen LogP contribution in [-0.2, 0) is 20.2 Å². The van der Waals surface area contributed by atoms with E-state index in [-0.39, 0.29) is 19.0 Å². The van der Waals surface area contributed by atoms with Gasteiger partial charge in [0.25, 0.3) is 0 Å². The number of fused-ring (bicyclic) bond motifs is 1. The van der Waals surface area contributed by atoms with Gasteiger partial charge in [-0.2, -0.15) is 0 Å². The van der Waals surface area contributed by atoms with E-state index in [0.29, 0.717) is 17.3 Å². The minimum Gasteiger partial charge on any atom is -0.454 e. The number of benzene rings is 2. The van der Waals surface area contributed by atoms with Crippen molar-refractivity contribution in [2.24, 2.45) is 5.14 Å². The molecule has 0 unspecified atom stereocenters. The molecule has 5 rings (SSSR count). The smallest absolute Gasteiger partial charge is 0.238 e. The van der Waals surface area contributed by atoms with Crippen LogP contribution in [0.25, 0.3) is 11.1 Å². The molecule has 0 saturated heterocycles. The highest BCUT2D eigenvalue weighted by Gasteiger charge is 2.51. The predicted octanol–water partition coefficient (Wildman–Crippen LogP) is 3.04. The first-order valence-electron chi connectivity index (χ1n) is 9.66. The monoisotopic (exact) mass is 439 g/mol. The molecule has 3 aromatic rings. The molecule has 31 heavy (non-hydrogen) atoms. The van der Waals surface area contributed by atoms with Gasteiger partial charge in [0.2, 0.25) is 22.7 Å². The molecule has 0 bridgehead atoms. The maximum absolute atomic E-state index is 13.0. The largest absolute Gasteiger partial charge is 0.454 e. The van der Waals surface area contributed by atoms with Crippen molar-refractivity contribution in [1.82, 2.24) is 4.98 Å². The zero-order valence-corrected chi connectivity index (χ0v) is 17.2. The summed E-state index contributed by atoms with van der Waals surface area (Å²) >= 11 is 0. The van der Waals surface area contributed by atoms with Crippen LogP contribution >= 0.6 is 0 Å². The molecule has 2 aromatic carbocycles. The molecular formula is C22H21N3O5S. The van der Waals surface area contributed by atoms with E-state index in [1.165, 1.54) is 12.1 Å². The summed E-state index contributed by atoms with van der Waals surface area (Å²) in [4.78, 5) is 17.4. The van der Waals surface area contributed by atoms with E-state index in [2.05, 4.69) is 10.3 Å². The molecule has 0 atom stereocenters. The standard InChI is InChI=1S/C22H19N3O5S.H2/c23-31(27,28)17-5-1-14(2-6-17)15-3-8-20(24-12-15)25-21(26)22(9-10-22)16-4-7-18-19(11-16)30-13-29-18;/h1-8,11-12H,9-10,13H2,(H2,23,27,28)(H,24,25,26);1H. The lowest BCUT2D eigenvalue weighted by Gasteiger charge is -2.16. The van der Waals surface area contributed by atoms with Gasteiger partial charge in [0.05, 0.1) is 10.3 Å². The van der Waals surface area contributed by atoms with E-state index in [1.807, 2.05) is 24.3 Å². The van der Waals surface area contributed by atoms with Crippen molar-refractivity contribution in [3.8, 4) is 22.6 Å². The van der Waals surface area contributed by atoms with Crippen molar-refractivity contribution in [2.45, 2.75) is 23.2 Å². The fourth-order valence-electron chi connectivity index (χ4n) is 3.68. The number of nitrogens with zero attached hydrogens (tertiary/aromatic N) is 1. The van der Waals surface area contributed by atoms with Crippen LogP contribution in [-0.4, -0.2) is 26.1 Å². The van der Waals surface area contributed by atoms with Crippen LogP contribution in [0, 0.1) is 0 Å². The van der Waals surface area contributed by atoms with Crippen molar-refractivity contribution >= 4 is 21.7 Å². The first-order valence-corrected chi connectivity index (χ1v) is 11.2. The molecule has 3 N–H and O–H groups in total. The number of amides is 1. The lowest BCUT2D eigenvalue weighted by molar-refractivity contribution is -0.118. The van der Waals surface area contributed by atoms with Crippen LogP contribution in [0.3, 0.4) is 0 Å². The molecule has 9 heteroatoms. The van der Waals surface area contributed by atoms with Gasteiger partial charge >= 0.3 is 0 Å². The number of sulfonamides is 1. The average molecular weight is 439 g/mol. The number of carbonyl (C=O) groups excluding carboxylic acids is 1. The van der Waals surface area contributed by atoms with Crippen molar-refractivity contribution in [1.29, 1.82) is 0 Å². The Morgan fingerprint density at radius 3 is 2.35 bits per heavy atom. The number of rotatable bonds is 5. The van der Waals surface area contributed by atoms with E-state index >= 15 is 0 Å². The third-order valence-electron chi connectivity index (χ3n) is 5.63. The van der Waals surface area contributed by atoms with Crippen molar-refractivity contribution in [3.05, 3.63) is 66.4 Å². The molecule has 0 spiro atoms. The molecule has 2 heterocycles. The highest BCUT2D eigenvalue weighted by atomic mass is 32.2. The summed E-state index contributed by atoms with van der Waals surface area (Å²) < 4.78 is 33.5. The highest BCUT2D eigenvalue weighted by Crippen LogP contribution is 2.51. The second-order valence-corrected chi connectivity index (χ2v) is 9.17. The molecule has 2 aliphatic rings. The average Bonchev–Trinajstić information content (AvgIpc) is 3.45. The number of primary sulfonamides is 1. The fraction of sp³-hybridized carbons (Fsp3) is 0.182. The van der Waals surface area contributed by atoms with Gasteiger partial charge < -0.3 is 14.8 Å². The Morgan fingerprint density at radius 2 is 1.71 bits per heavy atom. The summed E-state index contributed by atoms with van der Waals surface area (Å²) in [5.41, 5.74) is 1.90. The molecule has 1 aromatic heterocycles. The summed E-state index contributed by atoms with van der Waals surface area (Å²) in [5, 5.41) is 8.03. The second-order valence-electron chi connectivity index (χ2n) is 7.61. The Hall–Kier alpha value is -3.43. The van der Waals surface area contributed by atoms with E-state index in [9.17, 15) is 13.2 Å². The minimum atomic E-state index is -3.73. The Morgan fingerprint density at radius 1 is 1.00 bits per heavy atom. The molecule has 0 radical (unpaired) electrons. The summed E-state index contributed by atoms with van der Waals surface area (Å²) in [6.45, 7) is 0.193. The van der Waals surface area contributed by atoms with E-state index < -0.39 is 15.4 Å². The van der Waals surface area contributed by atoms with Crippen LogP contribution in [0.1, 0.15) is 19.8 Å². The van der Waals surface area contributed by atoms with Gasteiger partial charge in [0.15, 0.2) is 11.5 Å². The van der Waals surface area contributed by atoms with E-state index in [1.54, 1.807) is 24.4 Å². The van der Waals surface area contributed by atoms with Gasteiger partial charge in [0, 0.05) is 13.2 Å². The molecular weight excluding hydrogens is 418 g/mol. The zero-order valence-electron chi connectivity index (χ0n) is 16.4. The number of anilines is 1. The van der Waals surface area contributed by atoms with Gasteiger partial charge in [0.1, 0.15) is 5.82 Å². The van der Waals surface area contributed by atoms with Gasteiger partial charge in [-0.05, 0) is 60.4 Å². The lowest BCUT2D eigenvalue weighted by atomic mass is 9.94. The third kappa shape index (κ3) is 3.62. The topological polar surface area (TPSA) is 121 Å². The number of carbonyl (C=O) groups is 1. The first kappa shape index (κ1) is 19.5. The maximum Gasteiger partial charge on any atom is 0.238 e. The van der Waals surface area contributed by atoms with Crippen molar-refractivity contribution in [2.75, 3.05) is 12.1 Å². The van der Waals surface area contributed by atoms with Crippen LogP contribution in [0.15, 0.2) is 65.7 Å². The molecule has 1 amide bonds. The summed E-state index contributed by atoms with van der Waals surface area (Å²) in [7, 11) is -3.73. The number of aromatic nitrogens is 1. The molecule has 1 saturated carbocycles. The maximum atomic E-state index is 13.0. The number of nitrogens with two attached hydrogens (primary N) is 1. The molecule has 8 nitrogen and oxygen atoms in total. The van der Waals surface area contributed by atoms with Gasteiger partial charge in [-0.1, -0.05) is 18.2 Å². The van der Waals surface area contributed by atoms with Crippen molar-refractivity contribution in [3.63, 3.8) is 0 Å². The van der Waals surface area contributed by atoms with Gasteiger partial charge in [-0.3, -0.25) is 4.79 Å². The normalized spacial score (nSPS) is 16.0. The second kappa shape index (κ2) is 7.07. The predicted molar refractivity (Wildman–Crippen MR) is 115 cm³/mol. The summed E-state index contributed by atoms with van der Waals surface area (Å²) in [6, 6.07) is 15.4. The Kier molecular flexibility index (Phi) is 4.45. The quantitative estimate of drug-likeness (QED) is 0.630. The first-order chi connectivity index (χ1) is 14.8. The Labute approximate surface area is 180 Å². The third-order valence-corrected chi connectivity index (χ3v) is 6.56. The Balaban J connectivity index is 0.00000245. The van der Waals surface area contributed by atoms with Crippen LogP contribution in [0.5, 0.6) is 11.5 Å². The number of nitrogens with one attached hydrogen (secondary N) is 1. The molecule has 1 aliphatic carbocycles. The summed E-state index contributed by atoms with van der Waals surface area (Å²) in [6.07, 6.45) is 3.14. The van der Waals surface area contributed by atoms with Gasteiger partial charge in [-0.15, -0.1) is 0 Å². The molecule has 1 aliphatic heterocycles. The highest BCUT2D eigenvalue weighted by molar-refractivity contribution is 7.89. The van der Waals surface area contributed by atoms with Crippen molar-refractivity contribution < 1.29 is 24.1 Å².